The van der Waals surface area contributed by atoms with Crippen LogP contribution in [0, 0.1) is 17.2 Å². The van der Waals surface area contributed by atoms with Crippen molar-refractivity contribution in [2.24, 2.45) is 11.7 Å². The third kappa shape index (κ3) is 2.63. The highest BCUT2D eigenvalue weighted by molar-refractivity contribution is 5.60. The van der Waals surface area contributed by atoms with Crippen molar-refractivity contribution >= 4 is 5.69 Å². The summed E-state index contributed by atoms with van der Waals surface area (Å²) in [5.74, 6) is 0.319. The lowest BCUT2D eigenvalue weighted by molar-refractivity contribution is 0.208. The van der Waals surface area contributed by atoms with E-state index in [-0.39, 0.29) is 6.61 Å². The molecule has 0 spiro atoms. The van der Waals surface area contributed by atoms with Crippen LogP contribution in [0.3, 0.4) is 0 Å². The number of nitriles is 1. The maximum absolute atomic E-state index is 9.26. The first-order chi connectivity index (χ1) is 8.78. The van der Waals surface area contributed by atoms with Crippen molar-refractivity contribution in [1.29, 1.82) is 5.26 Å². The average Bonchev–Trinajstić information content (AvgIpc) is 2.46. The molecule has 1 aromatic carbocycles. The van der Waals surface area contributed by atoms with Crippen molar-refractivity contribution < 1.29 is 5.11 Å². The van der Waals surface area contributed by atoms with Gasteiger partial charge in [0, 0.05) is 26.2 Å². The second-order valence-electron chi connectivity index (χ2n) is 4.80. The summed E-state index contributed by atoms with van der Waals surface area (Å²) in [6.45, 7) is 2.45. The lowest BCUT2D eigenvalue weighted by atomic mass is 9.97. The van der Waals surface area contributed by atoms with Gasteiger partial charge in [0.15, 0.2) is 0 Å². The van der Waals surface area contributed by atoms with Gasteiger partial charge in [-0.15, -0.1) is 0 Å². The average molecular weight is 245 g/mol. The molecule has 1 unspecified atom stereocenters. The summed E-state index contributed by atoms with van der Waals surface area (Å²) in [6.07, 6.45) is 2.13. The van der Waals surface area contributed by atoms with Gasteiger partial charge in [-0.2, -0.15) is 5.26 Å². The molecule has 1 aliphatic heterocycles. The van der Waals surface area contributed by atoms with Crippen LogP contribution < -0.4 is 10.6 Å². The van der Waals surface area contributed by atoms with Gasteiger partial charge >= 0.3 is 0 Å². The molecule has 1 atom stereocenters. The van der Waals surface area contributed by atoms with E-state index >= 15 is 0 Å². The Morgan fingerprint density at radius 1 is 1.50 bits per heavy atom. The number of piperidine rings is 1. The van der Waals surface area contributed by atoms with Crippen LogP contribution in [0.5, 0.6) is 0 Å². The Hall–Kier alpha value is -1.57. The van der Waals surface area contributed by atoms with Gasteiger partial charge in [0.25, 0.3) is 0 Å². The van der Waals surface area contributed by atoms with Crippen molar-refractivity contribution in [3.63, 3.8) is 0 Å². The summed E-state index contributed by atoms with van der Waals surface area (Å²) in [4.78, 5) is 2.20. The highest BCUT2D eigenvalue weighted by Gasteiger charge is 2.21. The molecule has 1 fully saturated rings. The van der Waals surface area contributed by atoms with Crippen LogP contribution in [0.1, 0.15) is 24.0 Å². The van der Waals surface area contributed by atoms with Crippen LogP contribution in [-0.2, 0) is 6.54 Å². The van der Waals surface area contributed by atoms with Crippen LogP contribution >= 0.6 is 0 Å². The summed E-state index contributed by atoms with van der Waals surface area (Å²) in [5.41, 5.74) is 8.21. The molecule has 1 heterocycles. The Balaban J connectivity index is 2.24. The zero-order chi connectivity index (χ0) is 13.0. The lowest BCUT2D eigenvalue weighted by Gasteiger charge is -2.34. The predicted molar refractivity (Wildman–Crippen MR) is 71.1 cm³/mol. The van der Waals surface area contributed by atoms with Crippen molar-refractivity contribution in [2.75, 3.05) is 24.6 Å². The number of nitrogens with zero attached hydrogens (tertiary/aromatic N) is 2. The Morgan fingerprint density at radius 3 is 3.00 bits per heavy atom. The van der Waals surface area contributed by atoms with E-state index in [4.69, 9.17) is 5.73 Å². The van der Waals surface area contributed by atoms with Gasteiger partial charge in [-0.1, -0.05) is 6.07 Å². The summed E-state index contributed by atoms with van der Waals surface area (Å²) in [5, 5.41) is 18.5. The quantitative estimate of drug-likeness (QED) is 0.840. The van der Waals surface area contributed by atoms with E-state index in [2.05, 4.69) is 11.0 Å². The molecule has 0 aromatic heterocycles. The fourth-order valence-corrected chi connectivity index (χ4v) is 2.51. The molecule has 0 aliphatic carbocycles. The maximum Gasteiger partial charge on any atom is 0.101 e. The van der Waals surface area contributed by atoms with Gasteiger partial charge in [-0.25, -0.2) is 0 Å². The van der Waals surface area contributed by atoms with Gasteiger partial charge in [0.2, 0.25) is 0 Å². The number of aliphatic hydroxyl groups is 1. The molecule has 96 valence electrons. The van der Waals surface area contributed by atoms with E-state index in [0.29, 0.717) is 18.0 Å². The number of hydrogen-bond acceptors (Lipinski definition) is 4. The Kier molecular flexibility index (Phi) is 4.19. The predicted octanol–water partition coefficient (Wildman–Crippen LogP) is 1.23. The third-order valence-electron chi connectivity index (χ3n) is 3.53. The monoisotopic (exact) mass is 245 g/mol. The number of aliphatic hydroxyl groups excluding tert-OH is 1. The number of rotatable bonds is 3. The van der Waals surface area contributed by atoms with Crippen LogP contribution in [0.4, 0.5) is 5.69 Å². The molecular weight excluding hydrogens is 226 g/mol. The third-order valence-corrected chi connectivity index (χ3v) is 3.53. The van der Waals surface area contributed by atoms with Crippen molar-refractivity contribution in [3.8, 4) is 6.07 Å². The van der Waals surface area contributed by atoms with E-state index in [9.17, 15) is 10.4 Å². The van der Waals surface area contributed by atoms with Gasteiger partial charge in [0.1, 0.15) is 6.07 Å². The Bertz CT molecular complexity index is 453. The van der Waals surface area contributed by atoms with Crippen molar-refractivity contribution in [2.45, 2.75) is 19.4 Å². The minimum atomic E-state index is 0.221. The summed E-state index contributed by atoms with van der Waals surface area (Å²) < 4.78 is 0. The van der Waals surface area contributed by atoms with E-state index < -0.39 is 0 Å². The van der Waals surface area contributed by atoms with E-state index in [0.717, 1.165) is 37.2 Å². The molecule has 0 radical (unpaired) electrons. The highest BCUT2D eigenvalue weighted by Crippen LogP contribution is 2.26. The van der Waals surface area contributed by atoms with Crippen molar-refractivity contribution in [1.82, 2.24) is 0 Å². The van der Waals surface area contributed by atoms with Gasteiger partial charge in [0.05, 0.1) is 11.3 Å². The minimum Gasteiger partial charge on any atom is -0.396 e. The zero-order valence-electron chi connectivity index (χ0n) is 10.5. The second-order valence-corrected chi connectivity index (χ2v) is 4.80. The molecule has 1 saturated heterocycles. The molecule has 4 nitrogen and oxygen atoms in total. The molecule has 2 rings (SSSR count). The topological polar surface area (TPSA) is 73.3 Å². The Labute approximate surface area is 108 Å². The molecule has 1 aliphatic rings. The smallest absolute Gasteiger partial charge is 0.101 e. The van der Waals surface area contributed by atoms with Crippen LogP contribution in [0.25, 0.3) is 0 Å². The molecule has 0 amide bonds. The zero-order valence-corrected chi connectivity index (χ0v) is 10.5. The van der Waals surface area contributed by atoms with Crippen LogP contribution in [0.2, 0.25) is 0 Å². The molecule has 0 saturated carbocycles. The van der Waals surface area contributed by atoms with Crippen LogP contribution in [0.15, 0.2) is 18.2 Å². The SMILES string of the molecule is N#Cc1cc(CN)ccc1N1CCCC(CO)C1. The number of benzene rings is 1. The molecule has 18 heavy (non-hydrogen) atoms. The second kappa shape index (κ2) is 5.85. The first-order valence-electron chi connectivity index (χ1n) is 6.37. The highest BCUT2D eigenvalue weighted by atomic mass is 16.3. The lowest BCUT2D eigenvalue weighted by Crippen LogP contribution is -2.37. The number of anilines is 1. The fourth-order valence-electron chi connectivity index (χ4n) is 2.51. The first kappa shape index (κ1) is 12.9. The maximum atomic E-state index is 9.26. The molecule has 4 heteroatoms. The Morgan fingerprint density at radius 2 is 2.33 bits per heavy atom. The first-order valence-corrected chi connectivity index (χ1v) is 6.37. The molecule has 0 bridgehead atoms. The number of nitrogens with two attached hydrogens (primary N) is 1. The van der Waals surface area contributed by atoms with Gasteiger partial charge < -0.3 is 15.7 Å². The van der Waals surface area contributed by atoms with Crippen LogP contribution in [-0.4, -0.2) is 24.8 Å². The van der Waals surface area contributed by atoms with Crippen molar-refractivity contribution in [3.05, 3.63) is 29.3 Å². The minimum absolute atomic E-state index is 0.221. The summed E-state index contributed by atoms with van der Waals surface area (Å²) >= 11 is 0. The summed E-state index contributed by atoms with van der Waals surface area (Å²) in [7, 11) is 0. The molecular formula is C14H19N3O. The van der Waals surface area contributed by atoms with Gasteiger partial charge in [-0.05, 0) is 36.5 Å². The van der Waals surface area contributed by atoms with E-state index in [1.54, 1.807) is 0 Å². The summed E-state index contributed by atoms with van der Waals surface area (Å²) in [6, 6.07) is 8.04. The largest absolute Gasteiger partial charge is 0.396 e. The normalized spacial score (nSPS) is 19.6. The van der Waals surface area contributed by atoms with E-state index in [1.807, 2.05) is 18.2 Å². The standard InChI is InChI=1S/C14H19N3O/c15-7-11-3-4-14(13(6-11)8-16)17-5-1-2-12(9-17)10-18/h3-4,6,12,18H,1-2,5,7,9-10,15H2. The van der Waals surface area contributed by atoms with E-state index in [1.165, 1.54) is 0 Å². The van der Waals surface area contributed by atoms with Gasteiger partial charge in [-0.3, -0.25) is 0 Å². The molecule has 1 aromatic rings. The molecule has 3 N–H and O–H groups in total. The fraction of sp³-hybridized carbons (Fsp3) is 0.500. The number of hydrogen-bond donors (Lipinski definition) is 2.